The molecule has 3 heteroatoms. The first-order valence-electron chi connectivity index (χ1n) is 5.55. The molecule has 88 valence electrons. The third-order valence-corrected chi connectivity index (χ3v) is 3.53. The van der Waals surface area contributed by atoms with Crippen molar-refractivity contribution in [3.8, 4) is 5.75 Å². The second-order valence-electron chi connectivity index (χ2n) is 5.25. The number of methoxy groups -OCH3 is 1. The Bertz CT molecular complexity index is 440. The predicted octanol–water partition coefficient (Wildman–Crippen LogP) is 3.20. The fourth-order valence-electron chi connectivity index (χ4n) is 3.00. The van der Waals surface area contributed by atoms with E-state index in [0.29, 0.717) is 11.4 Å². The molecule has 0 saturated carbocycles. The zero-order valence-corrected chi connectivity index (χ0v) is 10.2. The highest BCUT2D eigenvalue weighted by molar-refractivity contribution is 5.66. The van der Waals surface area contributed by atoms with Crippen LogP contribution < -0.4 is 10.5 Å². The van der Waals surface area contributed by atoms with Gasteiger partial charge in [-0.2, -0.15) is 0 Å². The maximum absolute atomic E-state index is 14.1. The van der Waals surface area contributed by atoms with Crippen LogP contribution in [0.1, 0.15) is 44.2 Å². The van der Waals surface area contributed by atoms with Crippen molar-refractivity contribution < 1.29 is 9.13 Å². The molecule has 0 aliphatic heterocycles. The summed E-state index contributed by atoms with van der Waals surface area (Å²) in [6, 6.07) is 1.40. The van der Waals surface area contributed by atoms with Gasteiger partial charge < -0.3 is 10.5 Å². The summed E-state index contributed by atoms with van der Waals surface area (Å²) in [5.41, 5.74) is 8.18. The van der Waals surface area contributed by atoms with E-state index in [1.54, 1.807) is 0 Å². The fraction of sp³-hybridized carbons (Fsp3) is 0.538. The first-order chi connectivity index (χ1) is 7.38. The maximum Gasteiger partial charge on any atom is 0.144 e. The SMILES string of the molecule is COc1cc(F)c2c(c1N)C(C)CC2(C)C. The summed E-state index contributed by atoms with van der Waals surface area (Å²) in [7, 11) is 1.52. The van der Waals surface area contributed by atoms with Crippen molar-refractivity contribution in [3.05, 3.63) is 23.0 Å². The van der Waals surface area contributed by atoms with Crippen molar-refractivity contribution in [2.24, 2.45) is 0 Å². The van der Waals surface area contributed by atoms with Gasteiger partial charge in [-0.1, -0.05) is 20.8 Å². The maximum atomic E-state index is 14.1. The summed E-state index contributed by atoms with van der Waals surface area (Å²) in [6.45, 7) is 6.21. The molecule has 2 nitrogen and oxygen atoms in total. The summed E-state index contributed by atoms with van der Waals surface area (Å²) < 4.78 is 19.2. The first-order valence-corrected chi connectivity index (χ1v) is 5.55. The molecule has 2 rings (SSSR count). The number of benzene rings is 1. The Morgan fingerprint density at radius 2 is 2.12 bits per heavy atom. The molecule has 2 N–H and O–H groups in total. The van der Waals surface area contributed by atoms with Gasteiger partial charge in [-0.25, -0.2) is 4.39 Å². The number of anilines is 1. The average molecular weight is 223 g/mol. The van der Waals surface area contributed by atoms with Crippen LogP contribution in [0.3, 0.4) is 0 Å². The summed E-state index contributed by atoms with van der Waals surface area (Å²) in [6.07, 6.45) is 0.927. The van der Waals surface area contributed by atoms with E-state index in [2.05, 4.69) is 20.8 Å². The number of nitrogen functional groups attached to an aromatic ring is 1. The van der Waals surface area contributed by atoms with Crippen LogP contribution in [0.5, 0.6) is 5.75 Å². The molecule has 1 aromatic rings. The molecule has 1 aliphatic rings. The van der Waals surface area contributed by atoms with Gasteiger partial charge in [0.15, 0.2) is 0 Å². The highest BCUT2D eigenvalue weighted by Gasteiger charge is 2.39. The average Bonchev–Trinajstić information content (AvgIpc) is 2.42. The van der Waals surface area contributed by atoms with Gasteiger partial charge in [-0.15, -0.1) is 0 Å². The Balaban J connectivity index is 2.74. The number of rotatable bonds is 1. The largest absolute Gasteiger partial charge is 0.494 e. The zero-order chi connectivity index (χ0) is 12.1. The second kappa shape index (κ2) is 3.37. The summed E-state index contributed by atoms with van der Waals surface area (Å²) >= 11 is 0. The van der Waals surface area contributed by atoms with E-state index in [1.165, 1.54) is 13.2 Å². The van der Waals surface area contributed by atoms with Gasteiger partial charge >= 0.3 is 0 Å². The third-order valence-electron chi connectivity index (χ3n) is 3.53. The lowest BCUT2D eigenvalue weighted by Crippen LogP contribution is -2.14. The minimum atomic E-state index is -0.199. The van der Waals surface area contributed by atoms with Crippen molar-refractivity contribution >= 4 is 5.69 Å². The van der Waals surface area contributed by atoms with Crippen LogP contribution in [0.15, 0.2) is 6.07 Å². The normalized spacial score (nSPS) is 21.9. The highest BCUT2D eigenvalue weighted by atomic mass is 19.1. The van der Waals surface area contributed by atoms with Crippen molar-refractivity contribution in [3.63, 3.8) is 0 Å². The van der Waals surface area contributed by atoms with Gasteiger partial charge in [0.2, 0.25) is 0 Å². The van der Waals surface area contributed by atoms with E-state index in [4.69, 9.17) is 10.5 Å². The molecule has 0 radical (unpaired) electrons. The Morgan fingerprint density at radius 3 is 2.69 bits per heavy atom. The first kappa shape index (κ1) is 11.2. The number of hydrogen-bond donors (Lipinski definition) is 1. The van der Waals surface area contributed by atoms with Crippen LogP contribution >= 0.6 is 0 Å². The fourth-order valence-corrected chi connectivity index (χ4v) is 3.00. The van der Waals surface area contributed by atoms with E-state index < -0.39 is 0 Å². The monoisotopic (exact) mass is 223 g/mol. The Hall–Kier alpha value is -1.25. The van der Waals surface area contributed by atoms with E-state index in [9.17, 15) is 4.39 Å². The van der Waals surface area contributed by atoms with Gasteiger partial charge in [-0.3, -0.25) is 0 Å². The molecule has 0 spiro atoms. The van der Waals surface area contributed by atoms with Crippen LogP contribution in [0.4, 0.5) is 10.1 Å². The molecule has 0 bridgehead atoms. The van der Waals surface area contributed by atoms with Crippen LogP contribution in [0.2, 0.25) is 0 Å². The van der Waals surface area contributed by atoms with Crippen molar-refractivity contribution in [1.82, 2.24) is 0 Å². The van der Waals surface area contributed by atoms with Gasteiger partial charge in [0.25, 0.3) is 0 Å². The molecule has 0 fully saturated rings. The van der Waals surface area contributed by atoms with Gasteiger partial charge in [0.1, 0.15) is 11.6 Å². The van der Waals surface area contributed by atoms with Crippen LogP contribution in [-0.4, -0.2) is 7.11 Å². The minimum Gasteiger partial charge on any atom is -0.494 e. The molecule has 0 heterocycles. The summed E-state index contributed by atoms with van der Waals surface area (Å²) in [4.78, 5) is 0. The molecule has 0 amide bonds. The smallest absolute Gasteiger partial charge is 0.144 e. The Morgan fingerprint density at radius 1 is 1.50 bits per heavy atom. The van der Waals surface area contributed by atoms with Crippen molar-refractivity contribution in [1.29, 1.82) is 0 Å². The van der Waals surface area contributed by atoms with Gasteiger partial charge in [0, 0.05) is 6.07 Å². The second-order valence-corrected chi connectivity index (χ2v) is 5.25. The molecule has 0 aromatic heterocycles. The number of fused-ring (bicyclic) bond motifs is 1. The summed E-state index contributed by atoms with van der Waals surface area (Å²) in [5, 5.41) is 0. The van der Waals surface area contributed by atoms with E-state index in [-0.39, 0.29) is 17.2 Å². The number of nitrogens with two attached hydrogens (primary N) is 1. The molecule has 1 unspecified atom stereocenters. The standard InChI is InChI=1S/C13H18FNO/c1-7-6-13(2,3)11-8(14)5-9(16-4)12(15)10(7)11/h5,7H,6,15H2,1-4H3. The lowest BCUT2D eigenvalue weighted by atomic mass is 9.85. The van der Waals surface area contributed by atoms with Gasteiger partial charge in [0.05, 0.1) is 12.8 Å². The topological polar surface area (TPSA) is 35.2 Å². The van der Waals surface area contributed by atoms with Crippen LogP contribution in [0.25, 0.3) is 0 Å². The molecular weight excluding hydrogens is 205 g/mol. The number of hydrogen-bond acceptors (Lipinski definition) is 2. The zero-order valence-electron chi connectivity index (χ0n) is 10.2. The van der Waals surface area contributed by atoms with Crippen molar-refractivity contribution in [2.45, 2.75) is 38.5 Å². The van der Waals surface area contributed by atoms with E-state index >= 15 is 0 Å². The number of halogens is 1. The summed E-state index contributed by atoms with van der Waals surface area (Å²) in [5.74, 6) is 0.533. The Labute approximate surface area is 95.6 Å². The lowest BCUT2D eigenvalue weighted by molar-refractivity contribution is 0.411. The highest BCUT2D eigenvalue weighted by Crippen LogP contribution is 2.51. The molecule has 1 atom stereocenters. The molecule has 1 aromatic carbocycles. The number of ether oxygens (including phenoxy) is 1. The van der Waals surface area contributed by atoms with Crippen molar-refractivity contribution in [2.75, 3.05) is 12.8 Å². The predicted molar refractivity (Wildman–Crippen MR) is 63.4 cm³/mol. The van der Waals surface area contributed by atoms with Crippen LogP contribution in [-0.2, 0) is 5.41 Å². The van der Waals surface area contributed by atoms with E-state index in [1.807, 2.05) is 0 Å². The van der Waals surface area contributed by atoms with Gasteiger partial charge in [-0.05, 0) is 28.9 Å². The minimum absolute atomic E-state index is 0.140. The molecule has 1 aliphatic carbocycles. The molecular formula is C13H18FNO. The Kier molecular flexibility index (Phi) is 2.37. The lowest BCUT2D eigenvalue weighted by Gasteiger charge is -2.20. The quantitative estimate of drug-likeness (QED) is 0.742. The molecule has 16 heavy (non-hydrogen) atoms. The molecule has 0 saturated heterocycles. The van der Waals surface area contributed by atoms with Crippen LogP contribution in [0, 0.1) is 5.82 Å². The van der Waals surface area contributed by atoms with E-state index in [0.717, 1.165) is 17.5 Å². The third kappa shape index (κ3) is 1.38.